The lowest BCUT2D eigenvalue weighted by Crippen LogP contribution is -2.51. The third-order valence-electron chi connectivity index (χ3n) is 19.4. The Balaban J connectivity index is 0.000000198. The molecule has 0 aliphatic heterocycles. The van der Waals surface area contributed by atoms with Crippen molar-refractivity contribution in [3.8, 4) is 44.5 Å². The van der Waals surface area contributed by atoms with E-state index < -0.39 is 49.2 Å². The summed E-state index contributed by atoms with van der Waals surface area (Å²) in [7, 11) is -1.18. The minimum absolute atomic E-state index is 0.000419. The van der Waals surface area contributed by atoms with Gasteiger partial charge in [-0.2, -0.15) is 10.2 Å². The van der Waals surface area contributed by atoms with E-state index in [0.29, 0.717) is 37.6 Å². The van der Waals surface area contributed by atoms with Gasteiger partial charge in [-0.3, -0.25) is 33.9 Å². The number of rotatable bonds is 21. The Kier molecular flexibility index (Phi) is 20.0. The molecule has 96 heavy (non-hydrogen) atoms. The average Bonchev–Trinajstić information content (AvgIpc) is 0.873. The van der Waals surface area contributed by atoms with Crippen LogP contribution in [0.2, 0.25) is 25.7 Å². The molecule has 2 fully saturated rings. The normalized spacial score (nSPS) is 17.3. The van der Waals surface area contributed by atoms with Crippen molar-refractivity contribution in [1.82, 2.24) is 39.7 Å². The largest absolute Gasteiger partial charge is 0.360 e. The predicted octanol–water partition coefficient (Wildman–Crippen LogP) is 14.1. The summed E-state index contributed by atoms with van der Waals surface area (Å²) in [5, 5.41) is 23.6. The molecule has 0 saturated heterocycles. The molecule has 4 aromatic heterocycles. The number of aromatic amines is 1. The van der Waals surface area contributed by atoms with Gasteiger partial charge in [0.1, 0.15) is 18.8 Å². The Bertz CT molecular complexity index is 4330. The molecule has 4 heterocycles. The topological polar surface area (TPSA) is 216 Å². The number of nitrogens with one attached hydrogen (secondary N) is 5. The maximum Gasteiger partial charge on any atom is 0.258 e. The van der Waals surface area contributed by atoms with Crippen molar-refractivity contribution in [3.05, 3.63) is 187 Å². The van der Waals surface area contributed by atoms with Crippen LogP contribution in [0.5, 0.6) is 0 Å². The van der Waals surface area contributed by atoms with Gasteiger partial charge in [-0.05, 0) is 218 Å². The van der Waals surface area contributed by atoms with E-state index in [1.54, 1.807) is 21.3 Å². The van der Waals surface area contributed by atoms with E-state index >= 15 is 4.39 Å². The minimum Gasteiger partial charge on any atom is -0.360 e. The van der Waals surface area contributed by atoms with Crippen molar-refractivity contribution in [1.29, 1.82) is 0 Å². The SMILES string of the molecule is Cc1n[nH]c(C)c1-c1ccc(NC(=O)[C@@H](NC(=O)C2(F)CC2)[C@@H]2CCCc3ccc(-c4ccc(=O)n(C(C)C)c4)cc32)cc1.Cc1nn(COCC[Si](C)(C)C)c(C)c1-c1ccc(NC(=O)[C@@H](NC(=O)C2(F)CC2)[C@@H]2CCCc3ccc(-c4ccc(=O)n(C(C)C)c4)cc32)cc1. The Hall–Kier alpha value is -8.88. The van der Waals surface area contributed by atoms with Crippen LogP contribution in [0.15, 0.2) is 131 Å². The molecule has 0 unspecified atom stereocenters. The number of aryl methyl sites for hydroxylation is 5. The lowest BCUT2D eigenvalue weighted by Gasteiger charge is -2.33. The van der Waals surface area contributed by atoms with Gasteiger partial charge in [-0.25, -0.2) is 13.5 Å². The molecular weight excluding hydrogens is 1230 g/mol. The number of nitrogens with zero attached hydrogens (tertiary/aromatic N) is 5. The number of anilines is 2. The number of alkyl halides is 2. The lowest BCUT2D eigenvalue weighted by atomic mass is 9.77. The zero-order valence-corrected chi connectivity index (χ0v) is 58.1. The third-order valence-corrected chi connectivity index (χ3v) is 21.1. The Labute approximate surface area is 561 Å². The second-order valence-corrected chi connectivity index (χ2v) is 34.1. The molecule has 17 nitrogen and oxygen atoms in total. The van der Waals surface area contributed by atoms with Gasteiger partial charge in [0.05, 0.1) is 11.4 Å². The van der Waals surface area contributed by atoms with Gasteiger partial charge in [0.15, 0.2) is 11.3 Å². The summed E-state index contributed by atoms with van der Waals surface area (Å²) in [5.41, 5.74) is 12.6. The number of hydrogen-bond donors (Lipinski definition) is 5. The van der Waals surface area contributed by atoms with E-state index in [0.717, 1.165) is 121 Å². The Morgan fingerprint density at radius 2 is 1.02 bits per heavy atom. The Morgan fingerprint density at radius 3 is 1.43 bits per heavy atom. The van der Waals surface area contributed by atoms with E-state index in [1.807, 2.05) is 145 Å². The van der Waals surface area contributed by atoms with Crippen LogP contribution < -0.4 is 32.4 Å². The maximum absolute atomic E-state index is 15.1. The van der Waals surface area contributed by atoms with Crippen LogP contribution in [0.3, 0.4) is 0 Å². The number of aromatic nitrogens is 6. The standard InChI is InChI=1S/C41H52FN5O4Si.C35H38FN5O3/c1-26(2)46-24-32(15-18-36(46)48)31-12-11-29-9-8-10-34(35(29)23-31)38(44-40(50)41(42)19-20-41)39(49)43-33-16-13-30(14-17-33)37-27(3)45-47(28(37)4)25-51-21-22-52(5,6)7;1-20(2)41-19-26(12-15-30(41)42)25-9-8-23-6-5-7-28(29(23)18-25)32(38-34(44)35(36)16-17-35)33(43)37-27-13-10-24(11-14-27)31-21(3)39-40-22(31)4/h11-18,23-24,26,34,38H,8-10,19-22,25H2,1-7H3,(H,43,49)(H,44,50);8-15,18-20,28,32H,5-7,16-17H2,1-4H3,(H,37,43)(H,38,44)(H,39,40)/t34-,38+;28-,32+/m11/s1. The van der Waals surface area contributed by atoms with Gasteiger partial charge in [0.25, 0.3) is 22.9 Å². The number of ether oxygens (including phenoxy) is 1. The summed E-state index contributed by atoms with van der Waals surface area (Å²) in [6, 6.07) is 33.3. The molecule has 4 aliphatic carbocycles. The van der Waals surface area contributed by atoms with Crippen molar-refractivity contribution in [2.75, 3.05) is 17.2 Å². The number of halogens is 2. The zero-order valence-electron chi connectivity index (χ0n) is 57.1. The molecule has 504 valence electrons. The highest BCUT2D eigenvalue weighted by Gasteiger charge is 2.53. The number of H-pyrrole nitrogens is 1. The zero-order chi connectivity index (χ0) is 68.5. The highest BCUT2D eigenvalue weighted by Crippen LogP contribution is 2.44. The summed E-state index contributed by atoms with van der Waals surface area (Å²) in [4.78, 5) is 79.1. The first kappa shape index (κ1) is 68.5. The molecule has 4 aromatic carbocycles. The molecule has 0 spiro atoms. The fourth-order valence-electron chi connectivity index (χ4n) is 13.4. The highest BCUT2D eigenvalue weighted by molar-refractivity contribution is 6.76. The van der Waals surface area contributed by atoms with E-state index in [9.17, 15) is 33.2 Å². The predicted molar refractivity (Wildman–Crippen MR) is 376 cm³/mol. The molecular formula is C76H90F2N10O7Si. The first-order valence-corrected chi connectivity index (χ1v) is 37.5. The van der Waals surface area contributed by atoms with E-state index in [2.05, 4.69) is 75.4 Å². The highest BCUT2D eigenvalue weighted by atomic mass is 28.3. The quantitative estimate of drug-likeness (QED) is 0.0341. The number of carbonyl (C=O) groups is 4. The second-order valence-electron chi connectivity index (χ2n) is 28.5. The molecule has 20 heteroatoms. The van der Waals surface area contributed by atoms with Gasteiger partial charge in [0, 0.05) is 97.0 Å². The van der Waals surface area contributed by atoms with Gasteiger partial charge >= 0.3 is 0 Å². The number of amides is 4. The average molecular weight is 1320 g/mol. The fraction of sp³-hybridized carbons (Fsp3) is 0.421. The summed E-state index contributed by atoms with van der Waals surface area (Å²) < 4.78 is 41.2. The van der Waals surface area contributed by atoms with E-state index in [1.165, 1.54) is 0 Å². The molecule has 2 saturated carbocycles. The lowest BCUT2D eigenvalue weighted by molar-refractivity contribution is -0.131. The van der Waals surface area contributed by atoms with Crippen molar-refractivity contribution in [3.63, 3.8) is 0 Å². The van der Waals surface area contributed by atoms with Gasteiger partial charge in [-0.1, -0.05) is 80.3 Å². The van der Waals surface area contributed by atoms with Crippen molar-refractivity contribution in [2.24, 2.45) is 0 Å². The summed E-state index contributed by atoms with van der Waals surface area (Å²) in [5.74, 6) is -2.96. The Morgan fingerprint density at radius 1 is 0.594 bits per heavy atom. The summed E-state index contributed by atoms with van der Waals surface area (Å²) in [6.45, 7) is 23.9. The van der Waals surface area contributed by atoms with Crippen LogP contribution in [0, 0.1) is 27.7 Å². The minimum atomic E-state index is -1.93. The molecule has 12 rings (SSSR count). The first-order valence-electron chi connectivity index (χ1n) is 33.8. The van der Waals surface area contributed by atoms with Crippen LogP contribution in [0.25, 0.3) is 44.5 Å². The number of hydrogen-bond acceptors (Lipinski definition) is 9. The van der Waals surface area contributed by atoms with Crippen LogP contribution in [-0.2, 0) is 43.5 Å². The van der Waals surface area contributed by atoms with Gasteiger partial charge in [0.2, 0.25) is 11.8 Å². The fourth-order valence-corrected chi connectivity index (χ4v) is 14.2. The molecule has 4 amide bonds. The smallest absolute Gasteiger partial charge is 0.258 e. The second kappa shape index (κ2) is 28.1. The number of pyridine rings is 2. The molecule has 5 N–H and O–H groups in total. The molecule has 4 aliphatic rings. The van der Waals surface area contributed by atoms with Crippen LogP contribution in [0.1, 0.15) is 148 Å². The number of carbonyl (C=O) groups excluding carboxylic acids is 4. The summed E-state index contributed by atoms with van der Waals surface area (Å²) in [6.07, 6.45) is 9.05. The molecule has 0 bridgehead atoms. The number of benzene rings is 4. The van der Waals surface area contributed by atoms with Crippen LogP contribution in [-0.4, -0.2) is 90.8 Å². The van der Waals surface area contributed by atoms with Crippen LogP contribution in [0.4, 0.5) is 20.2 Å². The van der Waals surface area contributed by atoms with E-state index in [4.69, 9.17) is 9.84 Å². The monoisotopic (exact) mass is 1320 g/mol. The number of fused-ring (bicyclic) bond motifs is 2. The molecule has 8 aromatic rings. The van der Waals surface area contributed by atoms with Gasteiger partial charge < -0.3 is 35.1 Å². The third kappa shape index (κ3) is 15.3. The van der Waals surface area contributed by atoms with Crippen molar-refractivity contribution >= 4 is 43.1 Å². The van der Waals surface area contributed by atoms with Gasteiger partial charge in [-0.15, -0.1) is 0 Å². The molecule has 4 atom stereocenters. The van der Waals surface area contributed by atoms with Crippen LogP contribution >= 0.6 is 0 Å². The maximum atomic E-state index is 15.1. The van der Waals surface area contributed by atoms with Crippen molar-refractivity contribution in [2.45, 2.75) is 199 Å². The van der Waals surface area contributed by atoms with E-state index in [-0.39, 0.29) is 66.6 Å². The first-order chi connectivity index (χ1) is 45.7. The van der Waals surface area contributed by atoms with Crippen molar-refractivity contribution < 1.29 is 32.7 Å². The molecule has 0 radical (unpaired) electrons. The summed E-state index contributed by atoms with van der Waals surface area (Å²) >= 11 is 0.